The molecular formula is C7H6Cl2FNO2S. The third-order valence-corrected chi connectivity index (χ3v) is 3.79. The van der Waals surface area contributed by atoms with E-state index < -0.39 is 20.9 Å². The van der Waals surface area contributed by atoms with Gasteiger partial charge in [-0.05, 0) is 19.2 Å². The van der Waals surface area contributed by atoms with Crippen molar-refractivity contribution in [3.63, 3.8) is 0 Å². The second-order valence-electron chi connectivity index (χ2n) is 2.38. The van der Waals surface area contributed by atoms with E-state index in [1.807, 2.05) is 4.72 Å². The number of benzene rings is 1. The summed E-state index contributed by atoms with van der Waals surface area (Å²) in [5.74, 6) is -0.940. The van der Waals surface area contributed by atoms with Crippen molar-refractivity contribution in [1.29, 1.82) is 0 Å². The number of rotatable bonds is 2. The Morgan fingerprint density at radius 2 is 1.93 bits per heavy atom. The standard InChI is InChI=1S/C7H6Cl2FNO2S/c1-11-14(12,13)5-3-2-4(8)7(10)6(5)9/h2-3,11H,1H3. The van der Waals surface area contributed by atoms with Crippen molar-refractivity contribution >= 4 is 33.2 Å². The normalized spacial score (nSPS) is 11.7. The fraction of sp³-hybridized carbons (Fsp3) is 0.143. The van der Waals surface area contributed by atoms with Gasteiger partial charge in [-0.2, -0.15) is 0 Å². The van der Waals surface area contributed by atoms with Crippen LogP contribution in [0.1, 0.15) is 0 Å². The highest BCUT2D eigenvalue weighted by Gasteiger charge is 2.19. The van der Waals surface area contributed by atoms with Crippen LogP contribution in [0, 0.1) is 5.82 Å². The number of hydrogen-bond acceptors (Lipinski definition) is 2. The summed E-state index contributed by atoms with van der Waals surface area (Å²) >= 11 is 10.9. The lowest BCUT2D eigenvalue weighted by atomic mass is 10.3. The summed E-state index contributed by atoms with van der Waals surface area (Å²) in [6.45, 7) is 0. The quantitative estimate of drug-likeness (QED) is 0.825. The van der Waals surface area contributed by atoms with E-state index in [2.05, 4.69) is 0 Å². The zero-order valence-corrected chi connectivity index (χ0v) is 9.34. The Balaban J connectivity index is 3.47. The zero-order valence-electron chi connectivity index (χ0n) is 7.01. The first kappa shape index (κ1) is 11.7. The molecule has 1 N–H and O–H groups in total. The number of hydrogen-bond donors (Lipinski definition) is 1. The number of sulfonamides is 1. The molecule has 0 heterocycles. The highest BCUT2D eigenvalue weighted by molar-refractivity contribution is 7.89. The van der Waals surface area contributed by atoms with Crippen LogP contribution >= 0.6 is 23.2 Å². The maximum Gasteiger partial charge on any atom is 0.241 e. The monoisotopic (exact) mass is 257 g/mol. The summed E-state index contributed by atoms with van der Waals surface area (Å²) < 4.78 is 37.7. The smallest absolute Gasteiger partial charge is 0.214 e. The molecule has 1 rings (SSSR count). The molecule has 0 aliphatic heterocycles. The van der Waals surface area contributed by atoms with E-state index in [9.17, 15) is 12.8 Å². The Morgan fingerprint density at radius 1 is 1.36 bits per heavy atom. The summed E-state index contributed by atoms with van der Waals surface area (Å²) in [4.78, 5) is -0.330. The highest BCUT2D eigenvalue weighted by Crippen LogP contribution is 2.28. The van der Waals surface area contributed by atoms with Crippen LogP contribution in [0.15, 0.2) is 17.0 Å². The predicted molar refractivity (Wildman–Crippen MR) is 52.7 cm³/mol. The van der Waals surface area contributed by atoms with Gasteiger partial charge in [0.25, 0.3) is 0 Å². The van der Waals surface area contributed by atoms with Crippen LogP contribution in [0.25, 0.3) is 0 Å². The Bertz CT molecular complexity index is 461. The van der Waals surface area contributed by atoms with Crippen molar-refractivity contribution in [3.8, 4) is 0 Å². The molecular weight excluding hydrogens is 252 g/mol. The Hall–Kier alpha value is -0.360. The second kappa shape index (κ2) is 4.02. The van der Waals surface area contributed by atoms with Crippen molar-refractivity contribution in [2.24, 2.45) is 0 Å². The maximum atomic E-state index is 13.1. The van der Waals surface area contributed by atoms with Crippen LogP contribution in [-0.4, -0.2) is 15.5 Å². The first-order valence-electron chi connectivity index (χ1n) is 3.47. The first-order valence-corrected chi connectivity index (χ1v) is 5.71. The minimum Gasteiger partial charge on any atom is -0.214 e. The molecule has 0 amide bonds. The largest absolute Gasteiger partial charge is 0.241 e. The lowest BCUT2D eigenvalue weighted by molar-refractivity contribution is 0.584. The van der Waals surface area contributed by atoms with Crippen LogP contribution in [0.3, 0.4) is 0 Å². The molecule has 0 radical (unpaired) electrons. The van der Waals surface area contributed by atoms with Gasteiger partial charge in [0.15, 0.2) is 5.82 Å². The molecule has 1 aromatic carbocycles. The van der Waals surface area contributed by atoms with E-state index in [4.69, 9.17) is 23.2 Å². The molecule has 0 atom stereocenters. The second-order valence-corrected chi connectivity index (χ2v) is 5.02. The number of halogens is 3. The Labute approximate surface area is 90.9 Å². The summed E-state index contributed by atoms with van der Waals surface area (Å²) in [7, 11) is -2.54. The van der Waals surface area contributed by atoms with Gasteiger partial charge in [-0.3, -0.25) is 0 Å². The lowest BCUT2D eigenvalue weighted by Crippen LogP contribution is -2.19. The summed E-state index contributed by atoms with van der Waals surface area (Å²) in [5, 5.41) is -0.725. The zero-order chi connectivity index (χ0) is 10.9. The minimum atomic E-state index is -3.75. The van der Waals surface area contributed by atoms with Crippen LogP contribution in [0.4, 0.5) is 4.39 Å². The molecule has 14 heavy (non-hydrogen) atoms. The molecule has 0 saturated heterocycles. The van der Waals surface area contributed by atoms with E-state index in [-0.39, 0.29) is 9.92 Å². The Kier molecular flexibility index (Phi) is 3.36. The minimum absolute atomic E-state index is 0.218. The van der Waals surface area contributed by atoms with E-state index >= 15 is 0 Å². The third kappa shape index (κ3) is 2.00. The van der Waals surface area contributed by atoms with Crippen LogP contribution < -0.4 is 4.72 Å². The summed E-state index contributed by atoms with van der Waals surface area (Å²) in [6.07, 6.45) is 0. The molecule has 78 valence electrons. The average molecular weight is 258 g/mol. The topological polar surface area (TPSA) is 46.2 Å². The van der Waals surface area contributed by atoms with Crippen molar-refractivity contribution in [1.82, 2.24) is 4.72 Å². The van der Waals surface area contributed by atoms with Crippen molar-refractivity contribution in [2.75, 3.05) is 7.05 Å². The molecule has 0 aliphatic rings. The SMILES string of the molecule is CNS(=O)(=O)c1ccc(Cl)c(F)c1Cl. The first-order chi connectivity index (χ1) is 6.40. The fourth-order valence-electron chi connectivity index (χ4n) is 0.826. The molecule has 0 aliphatic carbocycles. The molecule has 1 aromatic rings. The van der Waals surface area contributed by atoms with E-state index in [1.54, 1.807) is 0 Å². The maximum absolute atomic E-state index is 13.1. The summed E-state index contributed by atoms with van der Waals surface area (Å²) in [5.41, 5.74) is 0. The van der Waals surface area contributed by atoms with Crippen LogP contribution in [-0.2, 0) is 10.0 Å². The average Bonchev–Trinajstić information content (AvgIpc) is 2.14. The van der Waals surface area contributed by atoms with Gasteiger partial charge < -0.3 is 0 Å². The van der Waals surface area contributed by atoms with Gasteiger partial charge in [0.1, 0.15) is 4.90 Å². The van der Waals surface area contributed by atoms with Gasteiger partial charge in [-0.25, -0.2) is 17.5 Å². The molecule has 0 spiro atoms. The van der Waals surface area contributed by atoms with E-state index in [0.29, 0.717) is 0 Å². The predicted octanol–water partition coefficient (Wildman–Crippen LogP) is 2.04. The van der Waals surface area contributed by atoms with Gasteiger partial charge in [0.2, 0.25) is 10.0 Å². The number of nitrogens with one attached hydrogen (secondary N) is 1. The lowest BCUT2D eigenvalue weighted by Gasteiger charge is -2.05. The van der Waals surface area contributed by atoms with E-state index in [1.165, 1.54) is 7.05 Å². The summed E-state index contributed by atoms with van der Waals surface area (Å²) in [6, 6.07) is 2.27. The van der Waals surface area contributed by atoms with Crippen LogP contribution in [0.2, 0.25) is 10.0 Å². The third-order valence-electron chi connectivity index (χ3n) is 1.56. The van der Waals surface area contributed by atoms with Crippen molar-refractivity contribution < 1.29 is 12.8 Å². The van der Waals surface area contributed by atoms with Gasteiger partial charge in [-0.15, -0.1) is 0 Å². The van der Waals surface area contributed by atoms with Gasteiger partial charge in [0, 0.05) is 0 Å². The van der Waals surface area contributed by atoms with Crippen LogP contribution in [0.5, 0.6) is 0 Å². The molecule has 0 aromatic heterocycles. The fourth-order valence-corrected chi connectivity index (χ4v) is 2.29. The Morgan fingerprint density at radius 3 is 2.43 bits per heavy atom. The van der Waals surface area contributed by atoms with Crippen molar-refractivity contribution in [3.05, 3.63) is 28.0 Å². The van der Waals surface area contributed by atoms with Gasteiger partial charge in [-0.1, -0.05) is 23.2 Å². The molecule has 3 nitrogen and oxygen atoms in total. The van der Waals surface area contributed by atoms with Crippen molar-refractivity contribution in [2.45, 2.75) is 4.90 Å². The molecule has 7 heteroatoms. The highest BCUT2D eigenvalue weighted by atomic mass is 35.5. The van der Waals surface area contributed by atoms with E-state index in [0.717, 1.165) is 12.1 Å². The molecule has 0 unspecified atom stereocenters. The molecule has 0 fully saturated rings. The molecule has 0 saturated carbocycles. The molecule has 0 bridgehead atoms. The van der Waals surface area contributed by atoms with Gasteiger partial charge >= 0.3 is 0 Å². The van der Waals surface area contributed by atoms with Gasteiger partial charge in [0.05, 0.1) is 10.0 Å².